The summed E-state index contributed by atoms with van der Waals surface area (Å²) in [5.41, 5.74) is 2.69. The molecule has 8 heteroatoms. The van der Waals surface area contributed by atoms with Gasteiger partial charge in [-0.3, -0.25) is 4.79 Å². The Hall–Kier alpha value is -1.96. The van der Waals surface area contributed by atoms with Gasteiger partial charge in [0.15, 0.2) is 0 Å². The summed E-state index contributed by atoms with van der Waals surface area (Å²) in [6.07, 6.45) is 2.22. The van der Waals surface area contributed by atoms with Gasteiger partial charge in [-0.25, -0.2) is 12.8 Å². The van der Waals surface area contributed by atoms with Gasteiger partial charge in [0.05, 0.1) is 0 Å². The Bertz CT molecular complexity index is 1030. The van der Waals surface area contributed by atoms with Gasteiger partial charge in [-0.15, -0.1) is 0 Å². The molecule has 30 heavy (non-hydrogen) atoms. The van der Waals surface area contributed by atoms with Gasteiger partial charge in [-0.2, -0.15) is 4.31 Å². The molecule has 0 bridgehead atoms. The number of nitrogens with one attached hydrogen (secondary N) is 1. The molecular formula is C22H26ClFN2O3S. The highest BCUT2D eigenvalue weighted by atomic mass is 35.5. The monoisotopic (exact) mass is 452 g/mol. The third-order valence-electron chi connectivity index (χ3n) is 5.60. The minimum absolute atomic E-state index is 0.135. The van der Waals surface area contributed by atoms with Crippen LogP contribution in [0.2, 0.25) is 5.02 Å². The van der Waals surface area contributed by atoms with Crippen molar-refractivity contribution in [2.45, 2.75) is 44.4 Å². The molecule has 1 saturated heterocycles. The number of halogens is 2. The van der Waals surface area contributed by atoms with Crippen molar-refractivity contribution in [1.29, 1.82) is 0 Å². The molecule has 2 aromatic rings. The number of rotatable bonds is 6. The summed E-state index contributed by atoms with van der Waals surface area (Å²) < 4.78 is 40.7. The highest BCUT2D eigenvalue weighted by Crippen LogP contribution is 2.31. The van der Waals surface area contributed by atoms with Crippen LogP contribution in [0.15, 0.2) is 41.3 Å². The summed E-state index contributed by atoms with van der Waals surface area (Å²) in [6, 6.07) is 9.12. The Kier molecular flexibility index (Phi) is 7.16. The van der Waals surface area contributed by atoms with E-state index in [2.05, 4.69) is 5.32 Å². The van der Waals surface area contributed by atoms with Gasteiger partial charge >= 0.3 is 0 Å². The normalized spacial score (nSPS) is 15.9. The van der Waals surface area contributed by atoms with Gasteiger partial charge in [-0.1, -0.05) is 43.6 Å². The fourth-order valence-electron chi connectivity index (χ4n) is 3.84. The molecule has 1 amide bonds. The predicted octanol–water partition coefficient (Wildman–Crippen LogP) is 4.64. The number of carbonyl (C=O) groups is 1. The van der Waals surface area contributed by atoms with Crippen LogP contribution in [0.4, 0.5) is 10.1 Å². The fourth-order valence-corrected chi connectivity index (χ4v) is 5.67. The molecule has 162 valence electrons. The lowest BCUT2D eigenvalue weighted by atomic mass is 9.96. The number of piperidine rings is 1. The molecule has 1 aliphatic heterocycles. The van der Waals surface area contributed by atoms with Crippen molar-refractivity contribution in [3.8, 4) is 0 Å². The van der Waals surface area contributed by atoms with Gasteiger partial charge in [0.1, 0.15) is 10.7 Å². The van der Waals surface area contributed by atoms with Crippen LogP contribution in [0.3, 0.4) is 0 Å². The number of hydrogen-bond acceptors (Lipinski definition) is 3. The molecule has 0 aromatic heterocycles. The molecule has 3 rings (SSSR count). The number of amides is 1. The quantitative estimate of drug-likeness (QED) is 0.694. The Morgan fingerprint density at radius 3 is 2.40 bits per heavy atom. The van der Waals surface area contributed by atoms with Crippen LogP contribution in [-0.4, -0.2) is 31.7 Å². The maximum absolute atomic E-state index is 14.0. The van der Waals surface area contributed by atoms with Crippen molar-refractivity contribution in [1.82, 2.24) is 4.31 Å². The molecule has 1 fully saturated rings. The van der Waals surface area contributed by atoms with Crippen LogP contribution in [0.5, 0.6) is 0 Å². The largest absolute Gasteiger partial charge is 0.325 e. The lowest BCUT2D eigenvalue weighted by Gasteiger charge is -2.31. The molecule has 0 radical (unpaired) electrons. The topological polar surface area (TPSA) is 66.5 Å². The van der Waals surface area contributed by atoms with Crippen LogP contribution in [0.1, 0.15) is 37.8 Å². The van der Waals surface area contributed by atoms with E-state index in [1.165, 1.54) is 22.5 Å². The van der Waals surface area contributed by atoms with Crippen LogP contribution in [-0.2, 0) is 27.7 Å². The average Bonchev–Trinajstić information content (AvgIpc) is 2.74. The molecule has 1 heterocycles. The highest BCUT2D eigenvalue weighted by Gasteiger charge is 2.33. The Labute approximate surface area is 182 Å². The molecule has 0 aliphatic carbocycles. The van der Waals surface area contributed by atoms with Crippen molar-refractivity contribution < 1.29 is 17.6 Å². The number of carbonyl (C=O) groups excluding carboxylic acids is 1. The zero-order valence-electron chi connectivity index (χ0n) is 17.1. The molecule has 0 atom stereocenters. The smallest absolute Gasteiger partial charge is 0.245 e. The molecule has 1 aliphatic rings. The molecule has 2 aromatic carbocycles. The zero-order valence-corrected chi connectivity index (χ0v) is 18.7. The Balaban J connectivity index is 1.71. The van der Waals surface area contributed by atoms with E-state index in [-0.39, 0.29) is 29.8 Å². The summed E-state index contributed by atoms with van der Waals surface area (Å²) in [4.78, 5) is 12.6. The van der Waals surface area contributed by atoms with E-state index >= 15 is 0 Å². The van der Waals surface area contributed by atoms with Gasteiger partial charge in [0, 0.05) is 29.7 Å². The van der Waals surface area contributed by atoms with Crippen LogP contribution in [0, 0.1) is 11.7 Å². The standard InChI is InChI=1S/C22H26ClFN2O3S/c1-3-15-9-10-18(23)17(4-2)21(15)25-22(27)16-11-13-26(14-12-16)30(28,29)20-8-6-5-7-19(20)24/h5-10,16H,3-4,11-14H2,1-2H3,(H,25,27). The molecule has 1 N–H and O–H groups in total. The van der Waals surface area contributed by atoms with Crippen molar-refractivity contribution in [3.63, 3.8) is 0 Å². The van der Waals surface area contributed by atoms with Crippen molar-refractivity contribution >= 4 is 33.2 Å². The van der Waals surface area contributed by atoms with Gasteiger partial charge in [0.25, 0.3) is 0 Å². The van der Waals surface area contributed by atoms with Crippen LogP contribution in [0.25, 0.3) is 0 Å². The summed E-state index contributed by atoms with van der Waals surface area (Å²) in [5.74, 6) is -1.22. The Morgan fingerprint density at radius 1 is 1.13 bits per heavy atom. The average molecular weight is 453 g/mol. The van der Waals surface area contributed by atoms with Crippen molar-refractivity contribution in [2.75, 3.05) is 18.4 Å². The lowest BCUT2D eigenvalue weighted by molar-refractivity contribution is -0.120. The first kappa shape index (κ1) is 22.7. The number of hydrogen-bond donors (Lipinski definition) is 1. The fraction of sp³-hybridized carbons (Fsp3) is 0.409. The Morgan fingerprint density at radius 2 is 1.80 bits per heavy atom. The number of anilines is 1. The minimum atomic E-state index is -3.92. The lowest BCUT2D eigenvalue weighted by Crippen LogP contribution is -2.41. The summed E-state index contributed by atoms with van der Waals surface area (Å²) >= 11 is 6.31. The van der Waals surface area contributed by atoms with Gasteiger partial charge in [-0.05, 0) is 55.0 Å². The summed E-state index contributed by atoms with van der Waals surface area (Å²) in [6.45, 7) is 4.35. The number of nitrogens with zero attached hydrogens (tertiary/aromatic N) is 1. The van der Waals surface area contributed by atoms with E-state index in [9.17, 15) is 17.6 Å². The molecule has 5 nitrogen and oxygen atoms in total. The first-order valence-electron chi connectivity index (χ1n) is 10.1. The third kappa shape index (κ3) is 4.53. The number of aryl methyl sites for hydroxylation is 1. The van der Waals surface area contributed by atoms with Crippen molar-refractivity contribution in [2.24, 2.45) is 5.92 Å². The molecular weight excluding hydrogens is 427 g/mol. The first-order chi connectivity index (χ1) is 14.3. The second-order valence-electron chi connectivity index (χ2n) is 7.37. The minimum Gasteiger partial charge on any atom is -0.325 e. The number of sulfonamides is 1. The van der Waals surface area contributed by atoms with Crippen LogP contribution >= 0.6 is 11.6 Å². The number of benzene rings is 2. The molecule has 0 saturated carbocycles. The summed E-state index contributed by atoms with van der Waals surface area (Å²) in [5, 5.41) is 3.66. The van der Waals surface area contributed by atoms with E-state index in [0.29, 0.717) is 24.3 Å². The van der Waals surface area contributed by atoms with Crippen LogP contribution < -0.4 is 5.32 Å². The zero-order chi connectivity index (χ0) is 21.9. The van der Waals surface area contributed by atoms with E-state index in [4.69, 9.17) is 11.6 Å². The summed E-state index contributed by atoms with van der Waals surface area (Å²) in [7, 11) is -3.92. The first-order valence-corrected chi connectivity index (χ1v) is 12.0. The van der Waals surface area contributed by atoms with E-state index < -0.39 is 15.8 Å². The maximum atomic E-state index is 14.0. The highest BCUT2D eigenvalue weighted by molar-refractivity contribution is 7.89. The SMILES string of the molecule is CCc1ccc(Cl)c(CC)c1NC(=O)C1CCN(S(=O)(=O)c2ccccc2F)CC1. The second kappa shape index (κ2) is 9.45. The van der Waals surface area contributed by atoms with E-state index in [1.54, 1.807) is 0 Å². The molecule has 0 unspecified atom stereocenters. The molecule has 0 spiro atoms. The maximum Gasteiger partial charge on any atom is 0.245 e. The third-order valence-corrected chi connectivity index (χ3v) is 7.89. The van der Waals surface area contributed by atoms with E-state index in [1.807, 2.05) is 26.0 Å². The van der Waals surface area contributed by atoms with Gasteiger partial charge < -0.3 is 5.32 Å². The van der Waals surface area contributed by atoms with Crippen molar-refractivity contribution in [3.05, 3.63) is 58.4 Å². The van der Waals surface area contributed by atoms with Gasteiger partial charge in [0.2, 0.25) is 15.9 Å². The predicted molar refractivity (Wildman–Crippen MR) is 117 cm³/mol. The second-order valence-corrected chi connectivity index (χ2v) is 9.68. The van der Waals surface area contributed by atoms with E-state index in [0.717, 1.165) is 29.3 Å².